The summed E-state index contributed by atoms with van der Waals surface area (Å²) in [6.45, 7) is 11.7. The summed E-state index contributed by atoms with van der Waals surface area (Å²) in [6, 6.07) is 0. The molecule has 2 N–H and O–H groups in total. The van der Waals surface area contributed by atoms with Crippen LogP contribution in [-0.2, 0) is 11.2 Å². The number of fused-ring (bicyclic) bond motifs is 5. The second kappa shape index (κ2) is 10.3. The molecule has 0 saturated heterocycles. The van der Waals surface area contributed by atoms with Crippen LogP contribution in [0.5, 0.6) is 0 Å². The van der Waals surface area contributed by atoms with Crippen LogP contribution in [0, 0.1) is 52.3 Å². The van der Waals surface area contributed by atoms with Crippen molar-refractivity contribution < 1.29 is 24.2 Å². The number of rotatable bonds is 7. The SMILES string of the molecule is CCOC(=O)c1nnc(CC[C@@H](C)C2CCC3C4C(CC[C@@]32C)[C@@]2(C)CC[C@@H](O)C[C@H]2[C@@H](CC)[C@H]4O)o1. The van der Waals surface area contributed by atoms with Crippen LogP contribution in [0.1, 0.15) is 109 Å². The quantitative estimate of drug-likeness (QED) is 0.465. The summed E-state index contributed by atoms with van der Waals surface area (Å²) in [5.74, 6) is 3.23. The zero-order valence-electron chi connectivity index (χ0n) is 23.5. The molecule has 4 unspecified atom stereocenters. The maximum atomic E-state index is 11.9. The number of carbonyl (C=O) groups excluding carboxylic acids is 1. The molecule has 4 aliphatic carbocycles. The maximum absolute atomic E-state index is 11.9. The Kier molecular flexibility index (Phi) is 7.51. The van der Waals surface area contributed by atoms with Crippen LogP contribution in [0.15, 0.2) is 4.42 Å². The number of hydrogen-bond donors (Lipinski definition) is 2. The average molecular weight is 517 g/mol. The average Bonchev–Trinajstić information content (AvgIpc) is 3.48. The van der Waals surface area contributed by atoms with Crippen molar-refractivity contribution in [1.82, 2.24) is 10.2 Å². The molecule has 208 valence electrons. The van der Waals surface area contributed by atoms with Crippen LogP contribution >= 0.6 is 0 Å². The van der Waals surface area contributed by atoms with Crippen LogP contribution in [0.4, 0.5) is 0 Å². The number of aliphatic hydroxyl groups excluding tert-OH is 2. The first kappa shape index (κ1) is 27.1. The first-order valence-electron chi connectivity index (χ1n) is 15.0. The Hall–Kier alpha value is -1.47. The highest BCUT2D eigenvalue weighted by Crippen LogP contribution is 2.69. The lowest BCUT2D eigenvalue weighted by Crippen LogP contribution is -2.62. The van der Waals surface area contributed by atoms with Gasteiger partial charge in [0, 0.05) is 6.42 Å². The largest absolute Gasteiger partial charge is 0.459 e. The van der Waals surface area contributed by atoms with Crippen LogP contribution in [0.2, 0.25) is 0 Å². The number of carbonyl (C=O) groups is 1. The molecule has 11 atom stereocenters. The van der Waals surface area contributed by atoms with Crippen molar-refractivity contribution in [3.05, 3.63) is 11.8 Å². The molecule has 1 aromatic heterocycles. The van der Waals surface area contributed by atoms with Crippen molar-refractivity contribution >= 4 is 5.97 Å². The molecule has 0 aromatic carbocycles. The lowest BCUT2D eigenvalue weighted by atomic mass is 9.41. The first-order valence-corrected chi connectivity index (χ1v) is 15.0. The second-order valence-corrected chi connectivity index (χ2v) is 13.4. The van der Waals surface area contributed by atoms with E-state index in [0.717, 1.165) is 32.1 Å². The van der Waals surface area contributed by atoms with E-state index in [1.54, 1.807) is 6.92 Å². The monoisotopic (exact) mass is 516 g/mol. The molecule has 37 heavy (non-hydrogen) atoms. The molecule has 1 heterocycles. The number of aryl methyl sites for hydroxylation is 1. The van der Waals surface area contributed by atoms with Crippen LogP contribution in [0.25, 0.3) is 0 Å². The fourth-order valence-electron chi connectivity index (χ4n) is 10.1. The lowest BCUT2D eigenvalue weighted by molar-refractivity contribution is -0.203. The Balaban J connectivity index is 1.30. The smallest absolute Gasteiger partial charge is 0.396 e. The van der Waals surface area contributed by atoms with Gasteiger partial charge < -0.3 is 19.4 Å². The summed E-state index contributed by atoms with van der Waals surface area (Å²) in [6.07, 6.45) is 9.89. The highest BCUT2D eigenvalue weighted by atomic mass is 16.5. The molecular formula is C30H48N2O5. The molecule has 0 spiro atoms. The van der Waals surface area contributed by atoms with Gasteiger partial charge in [0.05, 0.1) is 18.8 Å². The number of nitrogens with zero attached hydrogens (tertiary/aromatic N) is 2. The number of hydrogen-bond acceptors (Lipinski definition) is 7. The topological polar surface area (TPSA) is 106 Å². The Labute approximate surface area is 222 Å². The number of aromatic nitrogens is 2. The van der Waals surface area contributed by atoms with E-state index in [1.165, 1.54) is 25.7 Å². The predicted octanol–water partition coefficient (Wildman–Crippen LogP) is 5.44. The lowest BCUT2D eigenvalue weighted by Gasteiger charge is -2.64. The fourth-order valence-corrected chi connectivity index (χ4v) is 10.1. The standard InChI is InChI=1S/C30H48N2O5/c1-6-19-23-16-18(33)12-14-30(23,5)22-13-15-29(4)20(9-10-21(29)25(22)26(19)34)17(3)8-11-24-31-32-27(37-24)28(35)36-7-2/h17-23,25-26,33-34H,6-16H2,1-5H3/t17-,18-,19-,20?,21?,22?,23+,25?,26-,29-,30-/m1/s1. The van der Waals surface area contributed by atoms with Gasteiger partial charge in [0.1, 0.15) is 0 Å². The molecular weight excluding hydrogens is 468 g/mol. The normalized spacial score (nSPS) is 44.0. The Morgan fingerprint density at radius 2 is 1.78 bits per heavy atom. The second-order valence-electron chi connectivity index (χ2n) is 13.4. The molecule has 4 aliphatic rings. The maximum Gasteiger partial charge on any atom is 0.396 e. The van der Waals surface area contributed by atoms with Gasteiger partial charge in [-0.05, 0) is 111 Å². The third kappa shape index (κ3) is 4.46. The van der Waals surface area contributed by atoms with Crippen molar-refractivity contribution in [2.75, 3.05) is 6.61 Å². The van der Waals surface area contributed by atoms with E-state index in [4.69, 9.17) is 9.15 Å². The summed E-state index contributed by atoms with van der Waals surface area (Å²) in [4.78, 5) is 11.9. The third-order valence-corrected chi connectivity index (χ3v) is 11.9. The molecule has 4 saturated carbocycles. The van der Waals surface area contributed by atoms with E-state index < -0.39 is 5.97 Å². The van der Waals surface area contributed by atoms with Crippen molar-refractivity contribution in [3.8, 4) is 0 Å². The molecule has 0 aliphatic heterocycles. The molecule has 0 radical (unpaired) electrons. The van der Waals surface area contributed by atoms with Gasteiger partial charge in [-0.2, -0.15) is 0 Å². The zero-order chi connectivity index (χ0) is 26.5. The van der Waals surface area contributed by atoms with E-state index in [1.807, 2.05) is 0 Å². The fraction of sp³-hybridized carbons (Fsp3) is 0.900. The van der Waals surface area contributed by atoms with Gasteiger partial charge in [-0.1, -0.05) is 34.1 Å². The zero-order valence-corrected chi connectivity index (χ0v) is 23.5. The number of esters is 1. The molecule has 0 amide bonds. The summed E-state index contributed by atoms with van der Waals surface area (Å²) >= 11 is 0. The van der Waals surface area contributed by atoms with E-state index in [9.17, 15) is 15.0 Å². The van der Waals surface area contributed by atoms with Gasteiger partial charge in [0.15, 0.2) is 0 Å². The highest BCUT2D eigenvalue weighted by Gasteiger charge is 2.64. The molecule has 4 fully saturated rings. The van der Waals surface area contributed by atoms with Gasteiger partial charge in [-0.25, -0.2) is 4.79 Å². The Morgan fingerprint density at radius 1 is 1.05 bits per heavy atom. The predicted molar refractivity (Wildman–Crippen MR) is 140 cm³/mol. The molecule has 1 aromatic rings. The summed E-state index contributed by atoms with van der Waals surface area (Å²) in [5, 5.41) is 30.3. The van der Waals surface area contributed by atoms with Crippen molar-refractivity contribution in [1.29, 1.82) is 0 Å². The van der Waals surface area contributed by atoms with Crippen molar-refractivity contribution in [2.24, 2.45) is 52.3 Å². The minimum absolute atomic E-state index is 0.0606. The van der Waals surface area contributed by atoms with Gasteiger partial charge in [-0.3, -0.25) is 0 Å². The van der Waals surface area contributed by atoms with E-state index >= 15 is 0 Å². The van der Waals surface area contributed by atoms with Crippen LogP contribution < -0.4 is 0 Å². The highest BCUT2D eigenvalue weighted by molar-refractivity contribution is 5.83. The summed E-state index contributed by atoms with van der Waals surface area (Å²) < 4.78 is 10.5. The summed E-state index contributed by atoms with van der Waals surface area (Å²) in [5.41, 5.74) is 0.478. The summed E-state index contributed by atoms with van der Waals surface area (Å²) in [7, 11) is 0. The molecule has 0 bridgehead atoms. The van der Waals surface area contributed by atoms with Crippen LogP contribution in [-0.4, -0.2) is 45.2 Å². The minimum Gasteiger partial charge on any atom is -0.459 e. The van der Waals surface area contributed by atoms with Crippen LogP contribution in [0.3, 0.4) is 0 Å². The van der Waals surface area contributed by atoms with E-state index in [-0.39, 0.29) is 35.5 Å². The van der Waals surface area contributed by atoms with Gasteiger partial charge in [-0.15, -0.1) is 10.2 Å². The van der Waals surface area contributed by atoms with Crippen molar-refractivity contribution in [3.63, 3.8) is 0 Å². The minimum atomic E-state index is -0.558. The first-order chi connectivity index (χ1) is 17.6. The number of aliphatic hydroxyl groups is 2. The third-order valence-electron chi connectivity index (χ3n) is 11.9. The Morgan fingerprint density at radius 3 is 2.51 bits per heavy atom. The number of ether oxygens (including phenoxy) is 1. The molecule has 7 heteroatoms. The Bertz CT molecular complexity index is 966. The van der Waals surface area contributed by atoms with Gasteiger partial charge in [0.2, 0.25) is 5.89 Å². The molecule has 7 nitrogen and oxygen atoms in total. The van der Waals surface area contributed by atoms with Gasteiger partial charge in [0.25, 0.3) is 0 Å². The van der Waals surface area contributed by atoms with E-state index in [2.05, 4.69) is 37.9 Å². The van der Waals surface area contributed by atoms with Crippen molar-refractivity contribution in [2.45, 2.75) is 111 Å². The van der Waals surface area contributed by atoms with Gasteiger partial charge >= 0.3 is 11.9 Å². The molecule has 5 rings (SSSR count). The van der Waals surface area contributed by atoms with E-state index in [0.29, 0.717) is 53.7 Å².